The number of hydrogen-bond donors (Lipinski definition) is 2. The lowest BCUT2D eigenvalue weighted by Crippen LogP contribution is -2.27. The molecule has 1 aromatic heterocycles. The summed E-state index contributed by atoms with van der Waals surface area (Å²) in [5.41, 5.74) is 1.83. The lowest BCUT2D eigenvalue weighted by atomic mass is 10.1. The maximum atomic E-state index is 11.9. The van der Waals surface area contributed by atoms with Gasteiger partial charge in [-0.1, -0.05) is 18.7 Å². The summed E-state index contributed by atoms with van der Waals surface area (Å²) in [4.78, 5) is 17.1. The van der Waals surface area contributed by atoms with Gasteiger partial charge in [0.15, 0.2) is 4.34 Å². The molecule has 1 aromatic carbocycles. The number of aromatic nitrogens is 2. The second kappa shape index (κ2) is 5.80. The first-order valence-corrected chi connectivity index (χ1v) is 8.39. The van der Waals surface area contributed by atoms with Crippen LogP contribution < -0.4 is 10.6 Å². The minimum Gasteiger partial charge on any atom is -0.324 e. The van der Waals surface area contributed by atoms with Crippen LogP contribution in [0.25, 0.3) is 0 Å². The first-order valence-electron chi connectivity index (χ1n) is 6.01. The van der Waals surface area contributed by atoms with Gasteiger partial charge in [-0.25, -0.2) is 4.98 Å². The molecule has 5 nitrogen and oxygen atoms in total. The fourth-order valence-corrected chi connectivity index (χ4v) is 4.10. The Balaban J connectivity index is 1.93. The van der Waals surface area contributed by atoms with Crippen molar-refractivity contribution in [2.75, 3.05) is 11.9 Å². The molecule has 0 spiro atoms. The van der Waals surface area contributed by atoms with Gasteiger partial charge in [0.1, 0.15) is 12.4 Å². The predicted octanol–water partition coefficient (Wildman–Crippen LogP) is 3.05. The van der Waals surface area contributed by atoms with Gasteiger partial charge in [0.25, 0.3) is 0 Å². The van der Waals surface area contributed by atoms with Crippen molar-refractivity contribution in [3.05, 3.63) is 28.5 Å². The highest BCUT2D eigenvalue weighted by Gasteiger charge is 2.30. The van der Waals surface area contributed by atoms with Crippen molar-refractivity contribution in [3.63, 3.8) is 0 Å². The first kappa shape index (κ1) is 14.0. The maximum absolute atomic E-state index is 11.9. The molecule has 0 radical (unpaired) electrons. The van der Waals surface area contributed by atoms with Crippen LogP contribution in [0.2, 0.25) is 0 Å². The largest absolute Gasteiger partial charge is 0.324 e. The van der Waals surface area contributed by atoms with Crippen molar-refractivity contribution in [1.29, 1.82) is 0 Å². The van der Waals surface area contributed by atoms with Gasteiger partial charge < -0.3 is 10.6 Å². The number of carbonyl (C=O) groups is 1. The zero-order valence-corrected chi connectivity index (χ0v) is 13.7. The van der Waals surface area contributed by atoms with Gasteiger partial charge in [0, 0.05) is 20.6 Å². The number of carbonyl (C=O) groups excluding carboxylic acids is 1. The van der Waals surface area contributed by atoms with Crippen LogP contribution in [-0.4, -0.2) is 21.8 Å². The third-order valence-electron chi connectivity index (χ3n) is 2.88. The first-order chi connectivity index (χ1) is 9.69. The number of rotatable bonds is 4. The number of fused-ring (bicyclic) bond motifs is 1. The zero-order valence-electron chi connectivity index (χ0n) is 10.5. The summed E-state index contributed by atoms with van der Waals surface area (Å²) in [6, 6.07) is 3.69. The van der Waals surface area contributed by atoms with Crippen LogP contribution in [0.4, 0.5) is 5.69 Å². The van der Waals surface area contributed by atoms with E-state index in [2.05, 4.69) is 35.9 Å². The quantitative estimate of drug-likeness (QED) is 0.865. The molecule has 1 atom stereocenters. The second-order valence-electron chi connectivity index (χ2n) is 4.16. The van der Waals surface area contributed by atoms with E-state index in [0.717, 1.165) is 31.5 Å². The summed E-state index contributed by atoms with van der Waals surface area (Å²) in [7, 11) is 0. The number of nitrogens with zero attached hydrogens (tertiary/aromatic N) is 2. The molecule has 0 bridgehead atoms. The van der Waals surface area contributed by atoms with E-state index in [1.165, 1.54) is 29.6 Å². The molecule has 0 saturated heterocycles. The molecule has 8 heteroatoms. The molecule has 2 aromatic rings. The number of nitrogens with one attached hydrogen (secondary N) is 2. The second-order valence-corrected chi connectivity index (χ2v) is 7.08. The summed E-state index contributed by atoms with van der Waals surface area (Å²) in [5.74, 6) is -0.00758. The van der Waals surface area contributed by atoms with Crippen molar-refractivity contribution < 1.29 is 4.79 Å². The number of benzene rings is 1. The molecule has 104 valence electrons. The van der Waals surface area contributed by atoms with Gasteiger partial charge in [0.2, 0.25) is 5.91 Å². The van der Waals surface area contributed by atoms with Gasteiger partial charge in [0.05, 0.1) is 0 Å². The molecule has 1 aliphatic heterocycles. The maximum Gasteiger partial charge on any atom is 0.246 e. The smallest absolute Gasteiger partial charge is 0.246 e. The van der Waals surface area contributed by atoms with E-state index >= 15 is 0 Å². The Morgan fingerprint density at radius 2 is 2.40 bits per heavy atom. The summed E-state index contributed by atoms with van der Waals surface area (Å²) < 4.78 is 5.81. The molecule has 1 amide bonds. The highest BCUT2D eigenvalue weighted by Crippen LogP contribution is 2.41. The van der Waals surface area contributed by atoms with Gasteiger partial charge in [-0.05, 0) is 46.1 Å². The third-order valence-corrected chi connectivity index (χ3v) is 5.57. The molecular weight excluding hydrogens is 360 g/mol. The van der Waals surface area contributed by atoms with Crippen molar-refractivity contribution >= 4 is 50.8 Å². The van der Waals surface area contributed by atoms with E-state index < -0.39 is 0 Å². The minimum atomic E-state index is -0.271. The lowest BCUT2D eigenvalue weighted by molar-refractivity contribution is -0.117. The van der Waals surface area contributed by atoms with Crippen LogP contribution in [0.15, 0.2) is 32.2 Å². The Hall–Kier alpha value is -0.960. The Morgan fingerprint density at radius 3 is 3.10 bits per heavy atom. The molecule has 0 saturated carbocycles. The van der Waals surface area contributed by atoms with Crippen LogP contribution in [0.1, 0.15) is 18.5 Å². The molecule has 1 aliphatic rings. The normalized spacial score (nSPS) is 17.1. The molecule has 1 unspecified atom stereocenters. The summed E-state index contributed by atoms with van der Waals surface area (Å²) in [6.45, 7) is 2.73. The lowest BCUT2D eigenvalue weighted by Gasteiger charge is -2.10. The van der Waals surface area contributed by atoms with E-state index in [1.807, 2.05) is 19.1 Å². The summed E-state index contributed by atoms with van der Waals surface area (Å²) >= 11 is 6.44. The molecule has 3 rings (SSSR count). The van der Waals surface area contributed by atoms with Gasteiger partial charge in [-0.3, -0.25) is 4.79 Å². The van der Waals surface area contributed by atoms with Gasteiger partial charge in [-0.15, -0.1) is 0 Å². The average molecular weight is 371 g/mol. The van der Waals surface area contributed by atoms with Crippen LogP contribution in [0.5, 0.6) is 0 Å². The molecular formula is C12H11BrN4OS2. The molecule has 0 aliphatic carbocycles. The number of likely N-dealkylation sites (N-methyl/N-ethyl adjacent to an activating group) is 1. The van der Waals surface area contributed by atoms with E-state index in [0.29, 0.717) is 0 Å². The monoisotopic (exact) mass is 370 g/mol. The fourth-order valence-electron chi connectivity index (χ4n) is 2.05. The SMILES string of the molecule is CCNC1C(=O)Nc2cc(Sc3ncns3)c(Br)cc21. The highest BCUT2D eigenvalue weighted by atomic mass is 79.9. The van der Waals surface area contributed by atoms with Crippen molar-refractivity contribution in [3.8, 4) is 0 Å². The Kier molecular flexibility index (Phi) is 4.06. The molecule has 0 fully saturated rings. The van der Waals surface area contributed by atoms with Crippen molar-refractivity contribution in [1.82, 2.24) is 14.7 Å². The summed E-state index contributed by atoms with van der Waals surface area (Å²) in [5, 5.41) is 6.09. The Morgan fingerprint density at radius 1 is 1.55 bits per heavy atom. The van der Waals surface area contributed by atoms with Crippen molar-refractivity contribution in [2.24, 2.45) is 0 Å². The standard InChI is InChI=1S/C12H11BrN4OS2/c1-2-14-10-6-3-7(13)9(4-8(6)17-11(10)18)19-12-15-5-16-20-12/h3-5,10,14H,2H2,1H3,(H,17,18). The summed E-state index contributed by atoms with van der Waals surface area (Å²) in [6.07, 6.45) is 1.54. The minimum absolute atomic E-state index is 0.00758. The Bertz CT molecular complexity index is 647. The zero-order chi connectivity index (χ0) is 14.1. The van der Waals surface area contributed by atoms with E-state index in [1.54, 1.807) is 0 Å². The molecule has 2 heterocycles. The van der Waals surface area contributed by atoms with E-state index in [4.69, 9.17) is 0 Å². The number of halogens is 1. The van der Waals surface area contributed by atoms with Crippen LogP contribution in [0.3, 0.4) is 0 Å². The van der Waals surface area contributed by atoms with Crippen LogP contribution >= 0.6 is 39.2 Å². The van der Waals surface area contributed by atoms with Crippen molar-refractivity contribution in [2.45, 2.75) is 22.2 Å². The topological polar surface area (TPSA) is 66.9 Å². The highest BCUT2D eigenvalue weighted by molar-refractivity contribution is 9.10. The number of amides is 1. The molecule has 2 N–H and O–H groups in total. The molecule has 20 heavy (non-hydrogen) atoms. The van der Waals surface area contributed by atoms with Gasteiger partial charge in [-0.2, -0.15) is 4.37 Å². The van der Waals surface area contributed by atoms with Gasteiger partial charge >= 0.3 is 0 Å². The van der Waals surface area contributed by atoms with E-state index in [9.17, 15) is 4.79 Å². The predicted molar refractivity (Wildman–Crippen MR) is 83.2 cm³/mol. The number of hydrogen-bond acceptors (Lipinski definition) is 6. The fraction of sp³-hybridized carbons (Fsp3) is 0.250. The van der Waals surface area contributed by atoms with E-state index in [-0.39, 0.29) is 11.9 Å². The third kappa shape index (κ3) is 2.60. The van der Waals surface area contributed by atoms with Crippen LogP contribution in [0, 0.1) is 0 Å². The van der Waals surface area contributed by atoms with Crippen LogP contribution in [-0.2, 0) is 4.79 Å². The average Bonchev–Trinajstić information content (AvgIpc) is 3.01. The Labute approximate surface area is 132 Å². The number of anilines is 1.